The molecule has 1 aliphatic carbocycles. The summed E-state index contributed by atoms with van der Waals surface area (Å²) < 4.78 is 31.5. The van der Waals surface area contributed by atoms with Crippen molar-refractivity contribution in [3.63, 3.8) is 0 Å². The van der Waals surface area contributed by atoms with Crippen LogP contribution in [0.4, 0.5) is 10.1 Å². The Hall–Kier alpha value is -2.93. The van der Waals surface area contributed by atoms with E-state index in [4.69, 9.17) is 0 Å². The predicted octanol–water partition coefficient (Wildman–Crippen LogP) is 0.922. The third kappa shape index (κ3) is 2.35. The molecule has 0 bridgehead atoms. The van der Waals surface area contributed by atoms with Crippen molar-refractivity contribution < 1.29 is 18.5 Å². The van der Waals surface area contributed by atoms with Gasteiger partial charge in [0, 0.05) is 17.3 Å². The van der Waals surface area contributed by atoms with Gasteiger partial charge in [0.1, 0.15) is 23.5 Å². The second kappa shape index (κ2) is 5.29. The summed E-state index contributed by atoms with van der Waals surface area (Å²) in [4.78, 5) is 11.4. The molecule has 1 saturated heterocycles. The summed E-state index contributed by atoms with van der Waals surface area (Å²) in [5, 5.41) is 23.4. The van der Waals surface area contributed by atoms with E-state index >= 15 is 0 Å². The molecule has 1 unspecified atom stereocenters. The minimum atomic E-state index is -1.96. The fourth-order valence-electron chi connectivity index (χ4n) is 2.76. The molecule has 1 saturated carbocycles. The molecule has 2 fully saturated rings. The number of hydrogen-bond acceptors (Lipinski definition) is 5. The zero-order chi connectivity index (χ0) is 17.8. The highest BCUT2D eigenvalue weighted by Gasteiger charge is 2.46. The summed E-state index contributed by atoms with van der Waals surface area (Å²) in [5.41, 5.74) is -0.432. The number of anilines is 1. The van der Waals surface area contributed by atoms with Gasteiger partial charge in [-0.25, -0.2) is 8.60 Å². The SMILES string of the molecule is N#CC1(n2cc(-c3ccc(O)c(N4CC(=O)NS4=O)c3F)cn2)CC1. The molecule has 1 aromatic heterocycles. The molecular formula is C15H12FN5O3S. The second-order valence-corrected chi connectivity index (χ2v) is 7.07. The number of rotatable bonds is 3. The molecule has 2 N–H and O–H groups in total. The fraction of sp³-hybridized carbons (Fsp3) is 0.267. The van der Waals surface area contributed by atoms with Gasteiger partial charge >= 0.3 is 0 Å². The van der Waals surface area contributed by atoms with E-state index in [1.807, 2.05) is 0 Å². The van der Waals surface area contributed by atoms with Crippen LogP contribution in [-0.2, 0) is 21.5 Å². The molecule has 4 rings (SSSR count). The van der Waals surface area contributed by atoms with E-state index in [1.54, 1.807) is 6.20 Å². The molecule has 1 atom stereocenters. The first-order chi connectivity index (χ1) is 11.9. The number of aromatic nitrogens is 2. The van der Waals surface area contributed by atoms with Crippen LogP contribution in [0.5, 0.6) is 5.75 Å². The van der Waals surface area contributed by atoms with E-state index in [-0.39, 0.29) is 17.8 Å². The lowest BCUT2D eigenvalue weighted by Gasteiger charge is -2.17. The van der Waals surface area contributed by atoms with E-state index in [9.17, 15) is 23.8 Å². The number of nitrogens with one attached hydrogen (secondary N) is 1. The predicted molar refractivity (Wildman–Crippen MR) is 85.7 cm³/mol. The van der Waals surface area contributed by atoms with Crippen LogP contribution in [0.25, 0.3) is 11.1 Å². The van der Waals surface area contributed by atoms with E-state index in [0.717, 1.165) is 4.31 Å². The van der Waals surface area contributed by atoms with Gasteiger partial charge in [0.2, 0.25) is 11.2 Å². The molecule has 1 aliphatic heterocycles. The third-order valence-corrected chi connectivity index (χ3v) is 5.41. The van der Waals surface area contributed by atoms with Crippen LogP contribution >= 0.6 is 0 Å². The zero-order valence-electron chi connectivity index (χ0n) is 12.8. The Labute approximate surface area is 144 Å². The number of carbonyl (C=O) groups is 1. The van der Waals surface area contributed by atoms with Crippen molar-refractivity contribution in [3.05, 3.63) is 30.3 Å². The van der Waals surface area contributed by atoms with Crippen molar-refractivity contribution in [3.8, 4) is 22.9 Å². The fourth-order valence-corrected chi connectivity index (χ4v) is 3.70. The van der Waals surface area contributed by atoms with Crippen molar-refractivity contribution in [1.82, 2.24) is 14.5 Å². The van der Waals surface area contributed by atoms with Crippen LogP contribution in [-0.4, -0.2) is 31.5 Å². The molecule has 128 valence electrons. The topological polar surface area (TPSA) is 111 Å². The number of amides is 1. The smallest absolute Gasteiger partial charge is 0.253 e. The first kappa shape index (κ1) is 15.6. The average molecular weight is 361 g/mol. The molecule has 10 heteroatoms. The highest BCUT2D eigenvalue weighted by molar-refractivity contribution is 7.85. The summed E-state index contributed by atoms with van der Waals surface area (Å²) in [6.45, 7) is -0.322. The van der Waals surface area contributed by atoms with Gasteiger partial charge in [0.15, 0.2) is 5.82 Å². The third-order valence-electron chi connectivity index (χ3n) is 4.30. The maximum absolute atomic E-state index is 15.0. The number of benzene rings is 1. The van der Waals surface area contributed by atoms with Crippen LogP contribution in [0.3, 0.4) is 0 Å². The normalized spacial score (nSPS) is 21.0. The number of phenols is 1. The number of phenolic OH excluding ortho intramolecular Hbond substituents is 1. The second-order valence-electron chi connectivity index (χ2n) is 5.92. The maximum Gasteiger partial charge on any atom is 0.253 e. The first-order valence-electron chi connectivity index (χ1n) is 7.42. The van der Waals surface area contributed by atoms with Gasteiger partial charge in [-0.15, -0.1) is 0 Å². The number of nitrogens with zero attached hydrogens (tertiary/aromatic N) is 4. The van der Waals surface area contributed by atoms with Gasteiger partial charge in [-0.3, -0.25) is 18.5 Å². The average Bonchev–Trinajstić information content (AvgIpc) is 3.10. The van der Waals surface area contributed by atoms with Crippen LogP contribution in [0, 0.1) is 17.1 Å². The van der Waals surface area contributed by atoms with Crippen molar-refractivity contribution in [2.75, 3.05) is 10.8 Å². The van der Waals surface area contributed by atoms with Gasteiger partial charge < -0.3 is 5.11 Å². The lowest BCUT2D eigenvalue weighted by Crippen LogP contribution is -2.23. The molecule has 2 heterocycles. The van der Waals surface area contributed by atoms with Crippen LogP contribution in [0.2, 0.25) is 0 Å². The van der Waals surface area contributed by atoms with Gasteiger partial charge in [-0.1, -0.05) is 0 Å². The van der Waals surface area contributed by atoms with Crippen LogP contribution < -0.4 is 9.03 Å². The first-order valence-corrected chi connectivity index (χ1v) is 8.53. The summed E-state index contributed by atoms with van der Waals surface area (Å²) in [5.74, 6) is -1.76. The van der Waals surface area contributed by atoms with Crippen LogP contribution in [0.15, 0.2) is 24.5 Å². The monoisotopic (exact) mass is 361 g/mol. The minimum Gasteiger partial charge on any atom is -0.506 e. The Morgan fingerprint density at radius 2 is 2.20 bits per heavy atom. The van der Waals surface area contributed by atoms with E-state index < -0.39 is 34.2 Å². The Balaban J connectivity index is 1.77. The number of carbonyl (C=O) groups excluding carboxylic acids is 1. The van der Waals surface area contributed by atoms with Gasteiger partial charge in [0.25, 0.3) is 5.91 Å². The number of nitriles is 1. The van der Waals surface area contributed by atoms with Crippen molar-refractivity contribution in [2.24, 2.45) is 0 Å². The molecule has 2 aliphatic rings. The number of hydrogen-bond donors (Lipinski definition) is 2. The van der Waals surface area contributed by atoms with E-state index in [0.29, 0.717) is 18.4 Å². The van der Waals surface area contributed by atoms with Crippen molar-refractivity contribution in [1.29, 1.82) is 5.26 Å². The molecule has 1 amide bonds. The number of aromatic hydroxyl groups is 1. The molecule has 1 aromatic carbocycles. The Bertz CT molecular complexity index is 963. The van der Waals surface area contributed by atoms with Gasteiger partial charge in [0.05, 0.1) is 12.3 Å². The van der Waals surface area contributed by atoms with Crippen LogP contribution in [0.1, 0.15) is 12.8 Å². The summed E-state index contributed by atoms with van der Waals surface area (Å²) >= 11 is -1.96. The molecule has 0 radical (unpaired) electrons. The quantitative estimate of drug-likeness (QED) is 0.844. The number of halogens is 1. The lowest BCUT2D eigenvalue weighted by molar-refractivity contribution is -0.117. The zero-order valence-corrected chi connectivity index (χ0v) is 13.6. The summed E-state index contributed by atoms with van der Waals surface area (Å²) in [6, 6.07) is 4.83. The largest absolute Gasteiger partial charge is 0.506 e. The molecule has 2 aromatic rings. The Morgan fingerprint density at radius 1 is 1.44 bits per heavy atom. The van der Waals surface area contributed by atoms with Gasteiger partial charge in [-0.2, -0.15) is 10.4 Å². The van der Waals surface area contributed by atoms with E-state index in [2.05, 4.69) is 15.9 Å². The van der Waals surface area contributed by atoms with Crippen molar-refractivity contribution in [2.45, 2.75) is 18.4 Å². The van der Waals surface area contributed by atoms with Crippen molar-refractivity contribution >= 4 is 22.8 Å². The summed E-state index contributed by atoms with van der Waals surface area (Å²) in [7, 11) is 0. The molecular weight excluding hydrogens is 349 g/mol. The molecule has 8 nitrogen and oxygen atoms in total. The standard InChI is InChI=1S/C15H12FN5O3S/c16-13-10(9-5-18-21(6-9)15(8-17)3-4-15)1-2-11(22)14(13)20-7-12(23)19-25(20)24/h1-2,5-6,22H,3-4,7H2,(H,19,23). The Morgan fingerprint density at radius 3 is 2.80 bits per heavy atom. The molecule has 25 heavy (non-hydrogen) atoms. The maximum atomic E-state index is 15.0. The molecule has 0 spiro atoms. The minimum absolute atomic E-state index is 0.129. The lowest BCUT2D eigenvalue weighted by atomic mass is 10.1. The summed E-state index contributed by atoms with van der Waals surface area (Å²) in [6.07, 6.45) is 4.38. The highest BCUT2D eigenvalue weighted by Crippen LogP contribution is 2.43. The highest BCUT2D eigenvalue weighted by atomic mass is 32.2. The van der Waals surface area contributed by atoms with E-state index in [1.165, 1.54) is 23.0 Å². The Kier molecular flexibility index (Phi) is 3.30. The van der Waals surface area contributed by atoms with Gasteiger partial charge in [-0.05, 0) is 25.0 Å².